The number of hydrogen-bond donors (Lipinski definition) is 2. The van der Waals surface area contributed by atoms with Gasteiger partial charge >= 0.3 is 37.1 Å². The molecule has 1 atom stereocenters. The van der Waals surface area contributed by atoms with Gasteiger partial charge in [-0.2, -0.15) is 30.3 Å². The van der Waals surface area contributed by atoms with E-state index in [0.717, 1.165) is 5.56 Å². The zero-order valence-corrected chi connectivity index (χ0v) is 14.7. The van der Waals surface area contributed by atoms with Crippen molar-refractivity contribution >= 4 is 11.9 Å². The number of amides is 1. The van der Waals surface area contributed by atoms with Crippen molar-refractivity contribution in [1.82, 2.24) is 5.32 Å². The van der Waals surface area contributed by atoms with Gasteiger partial charge in [0.05, 0.1) is 6.42 Å². The fourth-order valence-electron chi connectivity index (χ4n) is 1.36. The van der Waals surface area contributed by atoms with E-state index < -0.39 is 5.97 Å². The molecular weight excluding hydrogens is 456 g/mol. The second kappa shape index (κ2) is 10.2. The van der Waals surface area contributed by atoms with Gasteiger partial charge in [-0.05, 0) is 6.92 Å². The Bertz CT molecular complexity index is 368. The van der Waals surface area contributed by atoms with Crippen LogP contribution in [0.25, 0.3) is 0 Å². The van der Waals surface area contributed by atoms with Gasteiger partial charge < -0.3 is 17.8 Å². The number of carbonyl (C=O) groups is 2. The molecule has 0 spiro atoms. The second-order valence-corrected chi connectivity index (χ2v) is 3.65. The number of carboxylic acids is 1. The SMILES string of the molecule is CC(CC(=O)O)NC(=O)Cc1cc[c-]cc1.[CH3-].[U+2]. The summed E-state index contributed by atoms with van der Waals surface area (Å²) in [6.45, 7) is 1.67. The average molecular weight is 473 g/mol. The van der Waals surface area contributed by atoms with Gasteiger partial charge in [0.1, 0.15) is 0 Å². The maximum atomic E-state index is 11.5. The molecule has 0 radical (unpaired) electrons. The average Bonchev–Trinajstić information content (AvgIpc) is 2.17. The molecule has 0 saturated heterocycles. The molecule has 1 aromatic rings. The van der Waals surface area contributed by atoms with Crippen LogP contribution in [0.2, 0.25) is 0 Å². The molecule has 4 nitrogen and oxygen atoms in total. The predicted molar refractivity (Wildman–Crippen MR) is 65.3 cm³/mol. The summed E-state index contributed by atoms with van der Waals surface area (Å²) >= 11 is 0. The second-order valence-electron chi connectivity index (χ2n) is 3.65. The minimum absolute atomic E-state index is 0. The topological polar surface area (TPSA) is 66.4 Å². The molecule has 0 aromatic heterocycles. The van der Waals surface area contributed by atoms with E-state index in [2.05, 4.69) is 11.4 Å². The third-order valence-corrected chi connectivity index (χ3v) is 2.04. The molecule has 0 aliphatic carbocycles. The first-order chi connectivity index (χ1) is 7.58. The smallest absolute Gasteiger partial charge is 0.481 e. The van der Waals surface area contributed by atoms with Crippen molar-refractivity contribution in [2.24, 2.45) is 0 Å². The molecule has 96 valence electrons. The Morgan fingerprint density at radius 2 is 1.94 bits per heavy atom. The number of hydrogen-bond acceptors (Lipinski definition) is 2. The van der Waals surface area contributed by atoms with Crippen LogP contribution in [0.3, 0.4) is 0 Å². The molecule has 18 heavy (non-hydrogen) atoms. The van der Waals surface area contributed by atoms with E-state index in [9.17, 15) is 9.59 Å². The zero-order chi connectivity index (χ0) is 12.0. The van der Waals surface area contributed by atoms with Crippen molar-refractivity contribution in [1.29, 1.82) is 0 Å². The Morgan fingerprint density at radius 3 is 2.44 bits per heavy atom. The van der Waals surface area contributed by atoms with Gasteiger partial charge in [0.15, 0.2) is 0 Å². The Hall–Kier alpha value is -0.788. The molecule has 0 aliphatic rings. The first-order valence-corrected chi connectivity index (χ1v) is 5.04. The Kier molecular flexibility index (Phi) is 11.0. The summed E-state index contributed by atoms with van der Waals surface area (Å²) in [4.78, 5) is 21.9. The molecule has 1 aromatic carbocycles. The van der Waals surface area contributed by atoms with Crippen molar-refractivity contribution in [3.8, 4) is 0 Å². The van der Waals surface area contributed by atoms with E-state index in [1.165, 1.54) is 0 Å². The monoisotopic (exact) mass is 473 g/mol. The van der Waals surface area contributed by atoms with Gasteiger partial charge in [-0.25, -0.2) is 0 Å². The maximum Gasteiger partial charge on any atom is 2.00 e. The van der Waals surface area contributed by atoms with Crippen LogP contribution >= 0.6 is 0 Å². The molecule has 1 rings (SSSR count). The number of carboxylic acid groups (broad SMARTS) is 1. The van der Waals surface area contributed by atoms with Crippen LogP contribution in [-0.2, 0) is 16.0 Å². The molecule has 0 aliphatic heterocycles. The molecule has 1 unspecified atom stereocenters. The Labute approximate surface area is 132 Å². The molecular formula is C13H17NO3U. The summed E-state index contributed by atoms with van der Waals surface area (Å²) in [5, 5.41) is 11.2. The van der Waals surface area contributed by atoms with E-state index in [0.29, 0.717) is 0 Å². The standard InChI is InChI=1S/C12H14NO3.CH3.U/c1-9(7-12(15)16)13-11(14)8-10-5-3-2-4-6-10;;/h3-6,9H,7-8H2,1H3,(H,13,14)(H,15,16);1H3;/q2*-1;+2. The Morgan fingerprint density at radius 1 is 1.39 bits per heavy atom. The number of aliphatic carboxylic acids is 1. The summed E-state index contributed by atoms with van der Waals surface area (Å²) < 4.78 is 0. The number of carbonyl (C=O) groups excluding carboxylic acids is 1. The number of rotatable bonds is 5. The predicted octanol–water partition coefficient (Wildman–Crippen LogP) is 1.46. The van der Waals surface area contributed by atoms with Gasteiger partial charge in [-0.15, -0.1) is 5.56 Å². The quantitative estimate of drug-likeness (QED) is 0.637. The molecule has 0 fully saturated rings. The van der Waals surface area contributed by atoms with Crippen molar-refractivity contribution in [2.75, 3.05) is 0 Å². The summed E-state index contributed by atoms with van der Waals surface area (Å²) in [5.74, 6) is -1.08. The molecule has 1 amide bonds. The fraction of sp³-hybridized carbons (Fsp3) is 0.308. The summed E-state index contributed by atoms with van der Waals surface area (Å²) in [7, 11) is 0. The van der Waals surface area contributed by atoms with Gasteiger partial charge in [0.2, 0.25) is 5.91 Å². The molecule has 2 N–H and O–H groups in total. The summed E-state index contributed by atoms with van der Waals surface area (Å²) in [6, 6.07) is 9.61. The van der Waals surface area contributed by atoms with Crippen LogP contribution in [0.5, 0.6) is 0 Å². The maximum absolute atomic E-state index is 11.5. The zero-order valence-electron chi connectivity index (χ0n) is 10.6. The molecule has 5 heteroatoms. The third-order valence-electron chi connectivity index (χ3n) is 2.04. The number of nitrogens with one attached hydrogen (secondary N) is 1. The van der Waals surface area contributed by atoms with Gasteiger partial charge in [-0.3, -0.25) is 9.59 Å². The van der Waals surface area contributed by atoms with Crippen molar-refractivity contribution in [3.63, 3.8) is 0 Å². The van der Waals surface area contributed by atoms with Crippen LogP contribution in [-0.4, -0.2) is 23.0 Å². The normalized spacial score (nSPS) is 10.5. The van der Waals surface area contributed by atoms with Crippen LogP contribution in [0.1, 0.15) is 18.9 Å². The van der Waals surface area contributed by atoms with Crippen molar-refractivity contribution in [3.05, 3.63) is 43.3 Å². The molecule has 0 saturated carbocycles. The van der Waals surface area contributed by atoms with Crippen molar-refractivity contribution < 1.29 is 45.8 Å². The van der Waals surface area contributed by atoms with Gasteiger partial charge in [0.25, 0.3) is 0 Å². The van der Waals surface area contributed by atoms with E-state index in [-0.39, 0.29) is 63.3 Å². The van der Waals surface area contributed by atoms with Crippen molar-refractivity contribution in [2.45, 2.75) is 25.8 Å². The Balaban J connectivity index is 0. The van der Waals surface area contributed by atoms with E-state index >= 15 is 0 Å². The van der Waals surface area contributed by atoms with E-state index in [1.807, 2.05) is 0 Å². The van der Waals surface area contributed by atoms with Crippen LogP contribution in [0.4, 0.5) is 0 Å². The largest absolute Gasteiger partial charge is 2.00 e. The summed E-state index contributed by atoms with van der Waals surface area (Å²) in [6.07, 6.45) is 0.201. The third kappa shape index (κ3) is 8.32. The van der Waals surface area contributed by atoms with Crippen LogP contribution in [0, 0.1) is 44.6 Å². The van der Waals surface area contributed by atoms with Gasteiger partial charge in [-0.1, -0.05) is 0 Å². The van der Waals surface area contributed by atoms with Crippen LogP contribution < -0.4 is 5.32 Å². The molecule has 0 heterocycles. The van der Waals surface area contributed by atoms with E-state index in [1.54, 1.807) is 31.2 Å². The first-order valence-electron chi connectivity index (χ1n) is 5.04. The van der Waals surface area contributed by atoms with Gasteiger partial charge in [0, 0.05) is 12.5 Å². The minimum atomic E-state index is -0.915. The van der Waals surface area contributed by atoms with Crippen LogP contribution in [0.15, 0.2) is 24.3 Å². The number of benzene rings is 1. The minimum Gasteiger partial charge on any atom is -0.481 e. The van der Waals surface area contributed by atoms with E-state index in [4.69, 9.17) is 5.11 Å². The first kappa shape index (κ1) is 19.5. The summed E-state index contributed by atoms with van der Waals surface area (Å²) in [5.41, 5.74) is 0.888. The molecule has 0 bridgehead atoms. The fourth-order valence-corrected chi connectivity index (χ4v) is 1.36.